The van der Waals surface area contributed by atoms with Gasteiger partial charge in [0.15, 0.2) is 29.8 Å². The first-order valence-corrected chi connectivity index (χ1v) is 6.62. The van der Waals surface area contributed by atoms with E-state index in [4.69, 9.17) is 9.15 Å². The number of ether oxygens (including phenoxy) is 1. The third-order valence-corrected chi connectivity index (χ3v) is 3.09. The van der Waals surface area contributed by atoms with Crippen LogP contribution in [0.3, 0.4) is 0 Å². The summed E-state index contributed by atoms with van der Waals surface area (Å²) in [6.45, 7) is -0.558. The van der Waals surface area contributed by atoms with Crippen molar-refractivity contribution >= 4 is 0 Å². The Labute approximate surface area is 132 Å². The number of hydrogen-bond donors (Lipinski definition) is 0. The summed E-state index contributed by atoms with van der Waals surface area (Å²) in [4.78, 5) is 3.82. The molecule has 0 N–H and O–H groups in total. The first-order valence-electron chi connectivity index (χ1n) is 6.62. The summed E-state index contributed by atoms with van der Waals surface area (Å²) in [5.74, 6) is -7.92. The molecule has 124 valence electrons. The average molecular weight is 341 g/mol. The third kappa shape index (κ3) is 3.08. The lowest BCUT2D eigenvalue weighted by Gasteiger charge is -2.07. The van der Waals surface area contributed by atoms with E-state index in [1.54, 1.807) is 0 Å². The Morgan fingerprint density at radius 2 is 1.54 bits per heavy atom. The Bertz CT molecular complexity index is 851. The van der Waals surface area contributed by atoms with Crippen molar-refractivity contribution < 1.29 is 31.1 Å². The van der Waals surface area contributed by atoms with E-state index in [1.807, 2.05) is 0 Å². The second kappa shape index (κ2) is 6.31. The zero-order valence-electron chi connectivity index (χ0n) is 11.8. The number of oxazole rings is 1. The first-order chi connectivity index (χ1) is 11.5. The van der Waals surface area contributed by atoms with E-state index in [-0.39, 0.29) is 17.7 Å². The van der Waals surface area contributed by atoms with E-state index in [0.29, 0.717) is 5.56 Å². The van der Waals surface area contributed by atoms with Gasteiger partial charge in [-0.25, -0.2) is 18.2 Å². The van der Waals surface area contributed by atoms with E-state index in [2.05, 4.69) is 4.98 Å². The van der Waals surface area contributed by atoms with Crippen LogP contribution < -0.4 is 4.74 Å². The molecular weight excluding hydrogens is 333 g/mol. The molecule has 0 saturated heterocycles. The normalized spacial score (nSPS) is 10.9. The second-order valence-electron chi connectivity index (χ2n) is 4.71. The van der Waals surface area contributed by atoms with Crippen molar-refractivity contribution in [2.75, 3.05) is 0 Å². The summed E-state index contributed by atoms with van der Waals surface area (Å²) in [5, 5.41) is 0. The molecule has 0 radical (unpaired) electrons. The fourth-order valence-electron chi connectivity index (χ4n) is 1.94. The van der Waals surface area contributed by atoms with Crippen molar-refractivity contribution in [2.24, 2.45) is 0 Å². The van der Waals surface area contributed by atoms with Crippen LogP contribution in [0.5, 0.6) is 5.75 Å². The molecule has 0 unspecified atom stereocenters. The maximum atomic E-state index is 13.5. The molecule has 2 aromatic carbocycles. The maximum Gasteiger partial charge on any atom is 0.232 e. The molecule has 8 heteroatoms. The lowest BCUT2D eigenvalue weighted by atomic mass is 10.2. The van der Waals surface area contributed by atoms with Crippen LogP contribution in [0.2, 0.25) is 0 Å². The lowest BCUT2D eigenvalue weighted by molar-refractivity contribution is 0.233. The molecule has 0 aliphatic rings. The molecule has 0 aliphatic carbocycles. The van der Waals surface area contributed by atoms with Gasteiger partial charge in [-0.3, -0.25) is 0 Å². The van der Waals surface area contributed by atoms with Crippen LogP contribution in [0.4, 0.5) is 22.0 Å². The molecule has 1 heterocycles. The fraction of sp³-hybridized carbons (Fsp3) is 0.0625. The maximum absolute atomic E-state index is 13.5. The highest BCUT2D eigenvalue weighted by Crippen LogP contribution is 2.27. The van der Waals surface area contributed by atoms with Gasteiger partial charge in [0.2, 0.25) is 17.5 Å². The van der Waals surface area contributed by atoms with Gasteiger partial charge in [0, 0.05) is 11.6 Å². The van der Waals surface area contributed by atoms with Gasteiger partial charge in [-0.1, -0.05) is 0 Å². The Kier molecular flexibility index (Phi) is 4.20. The van der Waals surface area contributed by atoms with Crippen LogP contribution in [0.15, 0.2) is 40.9 Å². The van der Waals surface area contributed by atoms with Crippen LogP contribution in [0.25, 0.3) is 11.3 Å². The Hall–Kier alpha value is -2.90. The second-order valence-corrected chi connectivity index (χ2v) is 4.71. The van der Waals surface area contributed by atoms with Crippen molar-refractivity contribution in [3.05, 3.63) is 71.5 Å². The number of halogens is 5. The highest BCUT2D eigenvalue weighted by molar-refractivity contribution is 5.55. The van der Waals surface area contributed by atoms with E-state index >= 15 is 0 Å². The predicted octanol–water partition coefficient (Wildman–Crippen LogP) is 4.62. The molecule has 3 rings (SSSR count). The van der Waals surface area contributed by atoms with Crippen molar-refractivity contribution in [3.63, 3.8) is 0 Å². The minimum atomic E-state index is -1.65. The molecule has 3 nitrogen and oxygen atoms in total. The molecule has 0 aliphatic heterocycles. The summed E-state index contributed by atoms with van der Waals surface area (Å²) in [7, 11) is 0. The predicted molar refractivity (Wildman–Crippen MR) is 72.5 cm³/mol. The molecule has 0 atom stereocenters. The molecule has 0 saturated carbocycles. The van der Waals surface area contributed by atoms with Crippen LogP contribution in [-0.4, -0.2) is 4.98 Å². The summed E-state index contributed by atoms with van der Waals surface area (Å²) < 4.78 is 75.9. The molecule has 0 fully saturated rings. The van der Waals surface area contributed by atoms with E-state index in [1.165, 1.54) is 30.5 Å². The highest BCUT2D eigenvalue weighted by atomic mass is 19.2. The summed E-state index contributed by atoms with van der Waals surface area (Å²) >= 11 is 0. The molecular formula is C16H8F5NO2. The van der Waals surface area contributed by atoms with Crippen molar-refractivity contribution in [1.82, 2.24) is 4.98 Å². The molecule has 0 amide bonds. The van der Waals surface area contributed by atoms with Gasteiger partial charge in [-0.05, 0) is 24.3 Å². The number of benzene rings is 2. The molecule has 0 spiro atoms. The highest BCUT2D eigenvalue weighted by Gasteiger charge is 2.21. The molecule has 0 bridgehead atoms. The van der Waals surface area contributed by atoms with Crippen LogP contribution in [0.1, 0.15) is 5.89 Å². The average Bonchev–Trinajstić information content (AvgIpc) is 3.02. The number of rotatable bonds is 4. The minimum absolute atomic E-state index is 0.0787. The summed E-state index contributed by atoms with van der Waals surface area (Å²) in [5.41, 5.74) is 0.518. The Balaban J connectivity index is 1.78. The minimum Gasteiger partial charge on any atom is -0.478 e. The molecule has 3 aromatic rings. The van der Waals surface area contributed by atoms with Crippen molar-refractivity contribution in [3.8, 4) is 17.1 Å². The smallest absolute Gasteiger partial charge is 0.232 e. The zero-order chi connectivity index (χ0) is 17.3. The van der Waals surface area contributed by atoms with E-state index < -0.39 is 41.4 Å². The first kappa shape index (κ1) is 16.0. The third-order valence-electron chi connectivity index (χ3n) is 3.09. The van der Waals surface area contributed by atoms with Gasteiger partial charge in [-0.15, -0.1) is 0 Å². The van der Waals surface area contributed by atoms with Crippen LogP contribution in [0, 0.1) is 29.1 Å². The van der Waals surface area contributed by atoms with Crippen molar-refractivity contribution in [2.45, 2.75) is 6.61 Å². The Morgan fingerprint density at radius 3 is 2.17 bits per heavy atom. The Morgan fingerprint density at radius 1 is 0.917 bits per heavy atom. The number of nitrogens with zero attached hydrogens (tertiary/aromatic N) is 1. The van der Waals surface area contributed by atoms with Crippen LogP contribution in [-0.2, 0) is 6.61 Å². The monoisotopic (exact) mass is 341 g/mol. The van der Waals surface area contributed by atoms with E-state index in [9.17, 15) is 22.0 Å². The summed E-state index contributed by atoms with van der Waals surface area (Å²) in [6.07, 6.45) is 1.30. The molecule has 1 aromatic heterocycles. The standard InChI is InChI=1S/C16H8F5NO2/c17-9-3-1-8(2-4-9)12-6-22-13(24-12)7-23-16-14(20)10(18)5-11(19)15(16)21/h1-6H,7H2. The zero-order valence-corrected chi connectivity index (χ0v) is 11.8. The van der Waals surface area contributed by atoms with Crippen LogP contribution >= 0.6 is 0 Å². The van der Waals surface area contributed by atoms with Gasteiger partial charge in [0.25, 0.3) is 0 Å². The number of hydrogen-bond acceptors (Lipinski definition) is 3. The topological polar surface area (TPSA) is 35.3 Å². The van der Waals surface area contributed by atoms with Crippen molar-refractivity contribution in [1.29, 1.82) is 0 Å². The largest absolute Gasteiger partial charge is 0.478 e. The molecule has 24 heavy (non-hydrogen) atoms. The SMILES string of the molecule is Fc1ccc(-c2cnc(COc3c(F)c(F)cc(F)c3F)o2)cc1. The summed E-state index contributed by atoms with van der Waals surface area (Å²) in [6, 6.07) is 5.40. The fourth-order valence-corrected chi connectivity index (χ4v) is 1.94. The van der Waals surface area contributed by atoms with Gasteiger partial charge < -0.3 is 9.15 Å². The number of aromatic nitrogens is 1. The van der Waals surface area contributed by atoms with Gasteiger partial charge in [0.05, 0.1) is 6.20 Å². The van der Waals surface area contributed by atoms with E-state index in [0.717, 1.165) is 0 Å². The van der Waals surface area contributed by atoms with Gasteiger partial charge in [-0.2, -0.15) is 8.78 Å². The van der Waals surface area contributed by atoms with Gasteiger partial charge in [0.1, 0.15) is 5.82 Å². The van der Waals surface area contributed by atoms with Gasteiger partial charge >= 0.3 is 0 Å². The quantitative estimate of drug-likeness (QED) is 0.513. The lowest BCUT2D eigenvalue weighted by Crippen LogP contribution is -2.04.